The lowest BCUT2D eigenvalue weighted by atomic mass is 10.0. The number of nitrogens with two attached hydrogens (primary N) is 1. The average molecular weight is 350 g/mol. The van der Waals surface area contributed by atoms with Gasteiger partial charge in [-0.15, -0.1) is 0 Å². The highest BCUT2D eigenvalue weighted by Crippen LogP contribution is 2.18. The van der Waals surface area contributed by atoms with Crippen LogP contribution in [0.2, 0.25) is 0 Å². The molecule has 1 aromatic rings. The van der Waals surface area contributed by atoms with E-state index in [1.807, 2.05) is 6.92 Å². The van der Waals surface area contributed by atoms with Crippen LogP contribution in [0.1, 0.15) is 33.1 Å². The summed E-state index contributed by atoms with van der Waals surface area (Å²) in [5.41, 5.74) is 5.47. The van der Waals surface area contributed by atoms with Gasteiger partial charge in [-0.1, -0.05) is 0 Å². The van der Waals surface area contributed by atoms with Gasteiger partial charge in [-0.25, -0.2) is 4.39 Å². The summed E-state index contributed by atoms with van der Waals surface area (Å²) < 4.78 is 13.1. The molecule has 25 heavy (non-hydrogen) atoms. The van der Waals surface area contributed by atoms with E-state index in [4.69, 9.17) is 5.73 Å². The van der Waals surface area contributed by atoms with Crippen LogP contribution in [-0.2, 0) is 14.4 Å². The van der Waals surface area contributed by atoms with Crippen LogP contribution >= 0.6 is 0 Å². The summed E-state index contributed by atoms with van der Waals surface area (Å²) in [7, 11) is 0. The van der Waals surface area contributed by atoms with Gasteiger partial charge in [0, 0.05) is 18.3 Å². The Morgan fingerprint density at radius 1 is 1.28 bits per heavy atom. The minimum Gasteiger partial charge on any atom is -0.396 e. The van der Waals surface area contributed by atoms with Crippen LogP contribution in [0.3, 0.4) is 0 Å². The van der Waals surface area contributed by atoms with Crippen LogP contribution in [0.5, 0.6) is 0 Å². The Hall–Kier alpha value is -2.64. The second-order valence-electron chi connectivity index (χ2n) is 6.26. The molecule has 0 aromatic heterocycles. The van der Waals surface area contributed by atoms with Crippen molar-refractivity contribution < 1.29 is 18.8 Å². The Morgan fingerprint density at radius 2 is 2.00 bits per heavy atom. The molecule has 1 heterocycles. The van der Waals surface area contributed by atoms with Gasteiger partial charge in [0.05, 0.1) is 5.69 Å². The molecule has 2 unspecified atom stereocenters. The molecule has 0 saturated carbocycles. The summed E-state index contributed by atoms with van der Waals surface area (Å²) in [6, 6.07) is 2.91. The maximum Gasteiger partial charge on any atom is 0.313 e. The van der Waals surface area contributed by atoms with Crippen molar-refractivity contribution in [3.63, 3.8) is 0 Å². The Labute approximate surface area is 145 Å². The molecule has 1 saturated heterocycles. The molecule has 1 fully saturated rings. The zero-order valence-electron chi connectivity index (χ0n) is 14.3. The second-order valence-corrected chi connectivity index (χ2v) is 6.26. The van der Waals surface area contributed by atoms with Crippen molar-refractivity contribution in [3.8, 4) is 0 Å². The van der Waals surface area contributed by atoms with Crippen LogP contribution in [0.4, 0.5) is 15.8 Å². The van der Waals surface area contributed by atoms with Crippen LogP contribution in [-0.4, -0.2) is 41.2 Å². The number of amides is 3. The van der Waals surface area contributed by atoms with Crippen LogP contribution in [0, 0.1) is 5.82 Å². The highest BCUT2D eigenvalue weighted by molar-refractivity contribution is 6.40. The van der Waals surface area contributed by atoms with Crippen molar-refractivity contribution in [3.05, 3.63) is 24.0 Å². The third-order valence-corrected chi connectivity index (χ3v) is 4.26. The van der Waals surface area contributed by atoms with E-state index in [1.165, 1.54) is 12.1 Å². The van der Waals surface area contributed by atoms with Crippen molar-refractivity contribution in [1.82, 2.24) is 10.2 Å². The molecule has 0 spiro atoms. The maximum atomic E-state index is 13.1. The smallest absolute Gasteiger partial charge is 0.313 e. The number of anilines is 2. The van der Waals surface area contributed by atoms with Gasteiger partial charge in [0.1, 0.15) is 11.9 Å². The zero-order valence-corrected chi connectivity index (χ0v) is 14.3. The summed E-state index contributed by atoms with van der Waals surface area (Å²) >= 11 is 0. The van der Waals surface area contributed by atoms with E-state index in [2.05, 4.69) is 10.6 Å². The summed E-state index contributed by atoms with van der Waals surface area (Å²) in [5.74, 6) is -2.71. The van der Waals surface area contributed by atoms with Crippen molar-refractivity contribution in [2.24, 2.45) is 0 Å². The number of rotatable bonds is 3. The molecule has 1 aliphatic heterocycles. The quantitative estimate of drug-likeness (QED) is 0.564. The van der Waals surface area contributed by atoms with E-state index in [9.17, 15) is 18.8 Å². The number of nitrogen functional groups attached to an aromatic ring is 1. The highest BCUT2D eigenvalue weighted by atomic mass is 19.1. The van der Waals surface area contributed by atoms with Crippen LogP contribution in [0.25, 0.3) is 0 Å². The van der Waals surface area contributed by atoms with Gasteiger partial charge in [0.25, 0.3) is 0 Å². The highest BCUT2D eigenvalue weighted by Gasteiger charge is 2.29. The topological polar surface area (TPSA) is 105 Å². The van der Waals surface area contributed by atoms with E-state index in [0.29, 0.717) is 6.54 Å². The van der Waals surface area contributed by atoms with Crippen molar-refractivity contribution in [2.45, 2.75) is 45.2 Å². The van der Waals surface area contributed by atoms with Gasteiger partial charge in [0.2, 0.25) is 5.91 Å². The largest absolute Gasteiger partial charge is 0.396 e. The minimum atomic E-state index is -0.947. The van der Waals surface area contributed by atoms with Gasteiger partial charge in [-0.3, -0.25) is 14.4 Å². The number of halogens is 1. The van der Waals surface area contributed by atoms with Crippen LogP contribution < -0.4 is 16.4 Å². The zero-order chi connectivity index (χ0) is 18.6. The first kappa shape index (κ1) is 18.7. The fourth-order valence-corrected chi connectivity index (χ4v) is 2.81. The van der Waals surface area contributed by atoms with Gasteiger partial charge in [0.15, 0.2) is 0 Å². The number of benzene rings is 1. The Bertz CT molecular complexity index is 680. The molecule has 1 aliphatic rings. The van der Waals surface area contributed by atoms with Crippen molar-refractivity contribution in [1.29, 1.82) is 0 Å². The number of nitrogens with one attached hydrogen (secondary N) is 2. The third kappa shape index (κ3) is 4.68. The Balaban J connectivity index is 1.92. The molecule has 0 bridgehead atoms. The fraction of sp³-hybridized carbons (Fsp3) is 0.471. The third-order valence-electron chi connectivity index (χ3n) is 4.26. The molecule has 7 nitrogen and oxygen atoms in total. The van der Waals surface area contributed by atoms with Crippen molar-refractivity contribution in [2.75, 3.05) is 17.6 Å². The van der Waals surface area contributed by atoms with E-state index >= 15 is 0 Å². The SMILES string of the molecule is CC(NC(=O)C(=O)Nc1ccc(F)c(N)c1)C(=O)N1CCCCC1C. The molecule has 8 heteroatoms. The second kappa shape index (κ2) is 7.96. The molecular weight excluding hydrogens is 327 g/mol. The molecule has 136 valence electrons. The predicted octanol–water partition coefficient (Wildman–Crippen LogP) is 1.25. The monoisotopic (exact) mass is 350 g/mol. The molecule has 0 radical (unpaired) electrons. The number of nitrogens with zero attached hydrogens (tertiary/aromatic N) is 1. The number of hydrogen-bond acceptors (Lipinski definition) is 4. The number of hydrogen-bond donors (Lipinski definition) is 3. The number of carbonyl (C=O) groups excluding carboxylic acids is 3. The molecule has 3 amide bonds. The lowest BCUT2D eigenvalue weighted by Gasteiger charge is -2.35. The predicted molar refractivity (Wildman–Crippen MR) is 92.1 cm³/mol. The maximum absolute atomic E-state index is 13.1. The molecule has 4 N–H and O–H groups in total. The average Bonchev–Trinajstić information content (AvgIpc) is 2.57. The standard InChI is InChI=1S/C17H23FN4O3/c1-10-5-3-4-8-22(10)17(25)11(2)20-15(23)16(24)21-12-6-7-13(18)14(19)9-12/h6-7,9-11H,3-5,8,19H2,1-2H3,(H,20,23)(H,21,24). The number of carbonyl (C=O) groups is 3. The summed E-state index contributed by atoms with van der Waals surface area (Å²) in [5, 5.41) is 4.72. The van der Waals surface area contributed by atoms with Gasteiger partial charge in [-0.05, 0) is 51.3 Å². The minimum absolute atomic E-state index is 0.122. The summed E-state index contributed by atoms with van der Waals surface area (Å²) in [6.45, 7) is 4.17. The van der Waals surface area contributed by atoms with E-state index in [1.54, 1.807) is 11.8 Å². The van der Waals surface area contributed by atoms with E-state index < -0.39 is 23.7 Å². The van der Waals surface area contributed by atoms with Gasteiger partial charge < -0.3 is 21.3 Å². The Kier molecular flexibility index (Phi) is 5.95. The molecule has 1 aromatic carbocycles. The van der Waals surface area contributed by atoms with Gasteiger partial charge >= 0.3 is 11.8 Å². The molecule has 2 atom stereocenters. The number of piperidine rings is 1. The summed E-state index contributed by atoms with van der Waals surface area (Å²) in [6.07, 6.45) is 2.94. The molecular formula is C17H23FN4O3. The Morgan fingerprint density at radius 3 is 2.64 bits per heavy atom. The molecule has 0 aliphatic carbocycles. The van der Waals surface area contributed by atoms with E-state index in [-0.39, 0.29) is 23.3 Å². The first-order valence-electron chi connectivity index (χ1n) is 8.27. The van der Waals surface area contributed by atoms with E-state index in [0.717, 1.165) is 25.3 Å². The first-order valence-corrected chi connectivity index (χ1v) is 8.27. The number of likely N-dealkylation sites (tertiary alicyclic amines) is 1. The lowest BCUT2D eigenvalue weighted by Crippen LogP contribution is -2.53. The summed E-state index contributed by atoms with van der Waals surface area (Å²) in [4.78, 5) is 38.1. The lowest BCUT2D eigenvalue weighted by molar-refractivity contribution is -0.141. The van der Waals surface area contributed by atoms with Crippen molar-refractivity contribution >= 4 is 29.1 Å². The van der Waals surface area contributed by atoms with Gasteiger partial charge in [-0.2, -0.15) is 0 Å². The molecule has 2 rings (SSSR count). The van der Waals surface area contributed by atoms with Crippen LogP contribution in [0.15, 0.2) is 18.2 Å². The fourth-order valence-electron chi connectivity index (χ4n) is 2.81. The normalized spacial score (nSPS) is 18.4. The first-order chi connectivity index (χ1) is 11.8.